The van der Waals surface area contributed by atoms with Gasteiger partial charge in [0.2, 0.25) is 0 Å². The Kier molecular flexibility index (Phi) is 26.5. The molecule has 0 saturated heterocycles. The molecule has 0 heterocycles. The number of hydrogen-bond acceptors (Lipinski definition) is 4. The van der Waals surface area contributed by atoms with Crippen molar-refractivity contribution < 1.29 is 14.3 Å². The van der Waals surface area contributed by atoms with Gasteiger partial charge >= 0.3 is 5.97 Å². The van der Waals surface area contributed by atoms with E-state index in [9.17, 15) is 9.59 Å². The zero-order valence-electron chi connectivity index (χ0n) is 17.8. The number of rotatable bonds is 19. The number of esters is 1. The van der Waals surface area contributed by atoms with E-state index in [-0.39, 0.29) is 51.4 Å². The molecule has 0 aromatic rings. The summed E-state index contributed by atoms with van der Waals surface area (Å²) in [4.78, 5) is 21.7. The maximum Gasteiger partial charge on any atom is 0.330 e. The minimum absolute atomic E-state index is 0. The van der Waals surface area contributed by atoms with E-state index in [2.05, 4.69) is 6.92 Å². The Morgan fingerprint density at radius 1 is 0.815 bits per heavy atom. The molecule has 0 aliphatic carbocycles. The van der Waals surface area contributed by atoms with Gasteiger partial charge in [-0.25, -0.2) is 0 Å². The Labute approximate surface area is 209 Å². The first kappa shape index (κ1) is 29.5. The summed E-state index contributed by atoms with van der Waals surface area (Å²) < 4.78 is 4.91. The van der Waals surface area contributed by atoms with E-state index in [1.807, 2.05) is 0 Å². The van der Waals surface area contributed by atoms with Crippen LogP contribution in [0.4, 0.5) is 0 Å². The zero-order valence-corrected chi connectivity index (χ0v) is 21.0. The SMILES string of the molecule is CCCCCCCCCCCCCCCCCCOC(=O)C(C#N)C=O.[K]. The quantitative estimate of drug-likeness (QED) is 0.0904. The van der Waals surface area contributed by atoms with Crippen LogP contribution in [0.1, 0.15) is 110 Å². The molecular weight excluding hydrogens is 365 g/mol. The molecule has 0 aromatic heterocycles. The van der Waals surface area contributed by atoms with Gasteiger partial charge in [-0.15, -0.1) is 0 Å². The van der Waals surface area contributed by atoms with Crippen LogP contribution >= 0.6 is 0 Å². The van der Waals surface area contributed by atoms with Crippen LogP contribution in [0, 0.1) is 17.2 Å². The van der Waals surface area contributed by atoms with Crippen LogP contribution in [0.2, 0.25) is 0 Å². The van der Waals surface area contributed by atoms with Crippen molar-refractivity contribution in [2.45, 2.75) is 110 Å². The third-order valence-electron chi connectivity index (χ3n) is 4.77. The van der Waals surface area contributed by atoms with E-state index in [0.717, 1.165) is 19.3 Å². The fourth-order valence-corrected chi connectivity index (χ4v) is 3.05. The number of hydrogen-bond donors (Lipinski definition) is 0. The van der Waals surface area contributed by atoms with E-state index in [0.29, 0.717) is 12.9 Å². The smallest absolute Gasteiger partial charge is 0.330 e. The Morgan fingerprint density at radius 2 is 1.19 bits per heavy atom. The summed E-state index contributed by atoms with van der Waals surface area (Å²) >= 11 is 0. The Bertz CT molecular complexity index is 382. The summed E-state index contributed by atoms with van der Waals surface area (Å²) in [7, 11) is 0. The molecule has 0 aliphatic heterocycles. The molecule has 4 nitrogen and oxygen atoms in total. The second-order valence-corrected chi connectivity index (χ2v) is 7.21. The molecule has 1 radical (unpaired) electrons. The van der Waals surface area contributed by atoms with Crippen molar-refractivity contribution in [3.05, 3.63) is 0 Å². The molecule has 0 aliphatic rings. The van der Waals surface area contributed by atoms with E-state index < -0.39 is 11.9 Å². The maximum atomic E-state index is 11.3. The molecule has 0 rings (SSSR count). The first-order valence-electron chi connectivity index (χ1n) is 10.8. The van der Waals surface area contributed by atoms with Gasteiger partial charge in [-0.1, -0.05) is 103 Å². The summed E-state index contributed by atoms with van der Waals surface area (Å²) in [6, 6.07) is 1.62. The summed E-state index contributed by atoms with van der Waals surface area (Å²) in [6.45, 7) is 2.57. The second kappa shape index (κ2) is 24.3. The van der Waals surface area contributed by atoms with Gasteiger partial charge in [-0.2, -0.15) is 5.26 Å². The molecular formula is C22H39KNO3. The Morgan fingerprint density at radius 3 is 1.52 bits per heavy atom. The summed E-state index contributed by atoms with van der Waals surface area (Å²) in [6.07, 6.45) is 21.1. The first-order chi connectivity index (χ1) is 12.8. The van der Waals surface area contributed by atoms with Gasteiger partial charge in [0.25, 0.3) is 0 Å². The van der Waals surface area contributed by atoms with Gasteiger partial charge in [-0.3, -0.25) is 4.79 Å². The summed E-state index contributed by atoms with van der Waals surface area (Å²) in [5, 5.41) is 8.56. The molecule has 5 heteroatoms. The molecule has 27 heavy (non-hydrogen) atoms. The number of nitriles is 1. The largest absolute Gasteiger partial charge is 0.464 e. The van der Waals surface area contributed by atoms with E-state index in [1.165, 1.54) is 83.5 Å². The van der Waals surface area contributed by atoms with Crippen LogP contribution in [-0.2, 0) is 14.3 Å². The van der Waals surface area contributed by atoms with Crippen LogP contribution in [0.3, 0.4) is 0 Å². The van der Waals surface area contributed by atoms with Crippen molar-refractivity contribution >= 4 is 63.6 Å². The second-order valence-electron chi connectivity index (χ2n) is 7.21. The molecule has 0 amide bonds. The predicted octanol–water partition coefficient (Wildman–Crippen LogP) is 5.75. The molecule has 151 valence electrons. The zero-order chi connectivity index (χ0) is 19.3. The monoisotopic (exact) mass is 404 g/mol. The van der Waals surface area contributed by atoms with Crippen molar-refractivity contribution in [2.24, 2.45) is 5.92 Å². The minimum Gasteiger partial charge on any atom is -0.464 e. The molecule has 0 fully saturated rings. The van der Waals surface area contributed by atoms with Gasteiger partial charge in [0.05, 0.1) is 12.7 Å². The molecule has 0 bridgehead atoms. The fraction of sp³-hybridized carbons (Fsp3) is 0.864. The number of carbonyl (C=O) groups is 2. The van der Waals surface area contributed by atoms with Crippen LogP contribution < -0.4 is 0 Å². The molecule has 0 N–H and O–H groups in total. The predicted molar refractivity (Wildman–Crippen MR) is 111 cm³/mol. The van der Waals surface area contributed by atoms with Crippen molar-refractivity contribution in [2.75, 3.05) is 6.61 Å². The number of unbranched alkanes of at least 4 members (excludes halogenated alkanes) is 15. The van der Waals surface area contributed by atoms with Gasteiger partial charge in [0.15, 0.2) is 5.92 Å². The standard InChI is InChI=1S/C22H39NO3.K/c1-2-3-4-5-6-7-8-9-10-11-12-13-14-15-16-17-18-26-22(25)21(19-23)20-24;/h20-21H,2-18H2,1H3;. The topological polar surface area (TPSA) is 67.2 Å². The third kappa shape index (κ3) is 20.8. The van der Waals surface area contributed by atoms with E-state index in [1.54, 1.807) is 6.07 Å². The maximum absolute atomic E-state index is 11.3. The Balaban J connectivity index is 0. The summed E-state index contributed by atoms with van der Waals surface area (Å²) in [5.74, 6) is -1.99. The first-order valence-corrected chi connectivity index (χ1v) is 10.8. The van der Waals surface area contributed by atoms with Crippen LogP contribution in [0.25, 0.3) is 0 Å². The molecule has 1 unspecified atom stereocenters. The van der Waals surface area contributed by atoms with E-state index >= 15 is 0 Å². The average Bonchev–Trinajstić information content (AvgIpc) is 2.65. The van der Waals surface area contributed by atoms with Crippen molar-refractivity contribution in [1.29, 1.82) is 5.26 Å². The molecule has 0 spiro atoms. The van der Waals surface area contributed by atoms with Crippen LogP contribution in [-0.4, -0.2) is 70.2 Å². The van der Waals surface area contributed by atoms with Gasteiger partial charge in [0, 0.05) is 51.4 Å². The third-order valence-corrected chi connectivity index (χ3v) is 4.77. The number of ether oxygens (including phenoxy) is 1. The van der Waals surface area contributed by atoms with Crippen molar-refractivity contribution in [3.8, 4) is 6.07 Å². The number of carbonyl (C=O) groups excluding carboxylic acids is 2. The van der Waals surface area contributed by atoms with Crippen LogP contribution in [0.15, 0.2) is 0 Å². The average molecular weight is 405 g/mol. The van der Waals surface area contributed by atoms with Gasteiger partial charge < -0.3 is 9.53 Å². The van der Waals surface area contributed by atoms with Gasteiger partial charge in [0.1, 0.15) is 6.29 Å². The fourth-order valence-electron chi connectivity index (χ4n) is 3.05. The van der Waals surface area contributed by atoms with E-state index in [4.69, 9.17) is 10.00 Å². The van der Waals surface area contributed by atoms with Crippen molar-refractivity contribution in [1.82, 2.24) is 0 Å². The summed E-state index contributed by atoms with van der Waals surface area (Å²) in [5.41, 5.74) is 0. The Hall–Kier alpha value is 0.266. The number of aldehydes is 1. The minimum atomic E-state index is -1.27. The molecule has 0 aromatic carbocycles. The van der Waals surface area contributed by atoms with Gasteiger partial charge in [-0.05, 0) is 6.42 Å². The molecule has 1 atom stereocenters. The number of nitrogens with zero attached hydrogens (tertiary/aromatic N) is 1. The molecule has 0 saturated carbocycles. The normalized spacial score (nSPS) is 11.3. The van der Waals surface area contributed by atoms with Crippen molar-refractivity contribution in [3.63, 3.8) is 0 Å². The van der Waals surface area contributed by atoms with Crippen LogP contribution in [0.5, 0.6) is 0 Å².